The number of hydrogen-bond donors (Lipinski definition) is 0. The number of fused-ring (bicyclic) bond motifs is 1. The molecule has 1 atom stereocenters. The average molecular weight is 371 g/mol. The molecular formula is C15H10BrClFNS. The zero-order valence-electron chi connectivity index (χ0n) is 10.3. The van der Waals surface area contributed by atoms with Gasteiger partial charge >= 0.3 is 0 Å². The molecule has 1 aromatic heterocycles. The zero-order chi connectivity index (χ0) is 14.1. The highest BCUT2D eigenvalue weighted by atomic mass is 79.9. The number of alkyl halides is 1. The maximum Gasteiger partial charge on any atom is 0.127 e. The summed E-state index contributed by atoms with van der Waals surface area (Å²) in [5.74, 6) is -0.252. The number of rotatable bonds is 3. The van der Waals surface area contributed by atoms with E-state index in [0.29, 0.717) is 17.0 Å². The minimum atomic E-state index is -0.252. The lowest BCUT2D eigenvalue weighted by Gasteiger charge is -2.09. The van der Waals surface area contributed by atoms with E-state index in [-0.39, 0.29) is 10.6 Å². The molecule has 1 nitrogen and oxygen atoms in total. The summed E-state index contributed by atoms with van der Waals surface area (Å²) in [5, 5.41) is 1.52. The molecule has 0 N–H and O–H groups in total. The minimum Gasteiger partial charge on any atom is -0.241 e. The second-order valence-electron chi connectivity index (χ2n) is 4.41. The van der Waals surface area contributed by atoms with Crippen LogP contribution in [-0.4, -0.2) is 4.98 Å². The molecule has 1 unspecified atom stereocenters. The van der Waals surface area contributed by atoms with Gasteiger partial charge in [-0.1, -0.05) is 39.7 Å². The van der Waals surface area contributed by atoms with E-state index >= 15 is 0 Å². The molecule has 0 aliphatic carbocycles. The molecule has 20 heavy (non-hydrogen) atoms. The van der Waals surface area contributed by atoms with Gasteiger partial charge in [-0.3, -0.25) is 0 Å². The van der Waals surface area contributed by atoms with Gasteiger partial charge in [-0.15, -0.1) is 11.3 Å². The van der Waals surface area contributed by atoms with Crippen molar-refractivity contribution in [2.45, 2.75) is 11.2 Å². The maximum absolute atomic E-state index is 13.8. The Balaban J connectivity index is 1.88. The highest BCUT2D eigenvalue weighted by molar-refractivity contribution is 9.09. The fraction of sp³-hybridized carbons (Fsp3) is 0.133. The molecular weight excluding hydrogens is 361 g/mol. The predicted octanol–water partition coefficient (Wildman–Crippen LogP) is 5.77. The molecule has 3 rings (SSSR count). The lowest BCUT2D eigenvalue weighted by molar-refractivity contribution is 0.608. The number of benzene rings is 2. The fourth-order valence-electron chi connectivity index (χ4n) is 2.03. The van der Waals surface area contributed by atoms with Crippen molar-refractivity contribution < 1.29 is 4.39 Å². The molecule has 0 aliphatic heterocycles. The molecule has 0 fully saturated rings. The second-order valence-corrected chi connectivity index (χ2v) is 7.07. The van der Waals surface area contributed by atoms with Gasteiger partial charge in [-0.05, 0) is 30.3 Å². The third kappa shape index (κ3) is 2.87. The van der Waals surface area contributed by atoms with E-state index in [9.17, 15) is 4.39 Å². The largest absolute Gasteiger partial charge is 0.241 e. The first kappa shape index (κ1) is 14.0. The van der Waals surface area contributed by atoms with E-state index in [0.717, 1.165) is 15.2 Å². The summed E-state index contributed by atoms with van der Waals surface area (Å²) < 4.78 is 15.0. The van der Waals surface area contributed by atoms with Gasteiger partial charge in [-0.2, -0.15) is 0 Å². The third-order valence-electron chi connectivity index (χ3n) is 2.99. The minimum absolute atomic E-state index is 0.137. The number of hydrogen-bond acceptors (Lipinski definition) is 2. The number of para-hydroxylation sites is 1. The number of thiazole rings is 1. The van der Waals surface area contributed by atoms with Crippen LogP contribution in [0.2, 0.25) is 5.02 Å². The molecule has 0 radical (unpaired) electrons. The maximum atomic E-state index is 13.8. The average Bonchev–Trinajstić information content (AvgIpc) is 2.83. The Bertz CT molecular complexity index is 725. The van der Waals surface area contributed by atoms with Crippen molar-refractivity contribution >= 4 is 49.1 Å². The monoisotopic (exact) mass is 369 g/mol. The molecule has 0 saturated carbocycles. The summed E-state index contributed by atoms with van der Waals surface area (Å²) in [6, 6.07) is 12.6. The van der Waals surface area contributed by atoms with E-state index in [1.165, 1.54) is 6.07 Å². The molecule has 0 saturated heterocycles. The highest BCUT2D eigenvalue weighted by Gasteiger charge is 2.16. The van der Waals surface area contributed by atoms with Crippen LogP contribution in [0.5, 0.6) is 0 Å². The van der Waals surface area contributed by atoms with E-state index in [4.69, 9.17) is 11.6 Å². The van der Waals surface area contributed by atoms with Crippen LogP contribution in [0.3, 0.4) is 0 Å². The van der Waals surface area contributed by atoms with Gasteiger partial charge in [0.25, 0.3) is 0 Å². The molecule has 5 heteroatoms. The smallest absolute Gasteiger partial charge is 0.127 e. The Hall–Kier alpha value is -0.970. The van der Waals surface area contributed by atoms with Crippen molar-refractivity contribution in [1.82, 2.24) is 4.98 Å². The number of aromatic nitrogens is 1. The van der Waals surface area contributed by atoms with Gasteiger partial charge < -0.3 is 0 Å². The summed E-state index contributed by atoms with van der Waals surface area (Å²) in [7, 11) is 0. The van der Waals surface area contributed by atoms with E-state index in [1.54, 1.807) is 23.5 Å². The lowest BCUT2D eigenvalue weighted by Crippen LogP contribution is -1.98. The first-order valence-corrected chi connectivity index (χ1v) is 8.18. The second kappa shape index (κ2) is 5.80. The van der Waals surface area contributed by atoms with Gasteiger partial charge in [0.15, 0.2) is 0 Å². The highest BCUT2D eigenvalue weighted by Crippen LogP contribution is 2.33. The third-order valence-corrected chi connectivity index (χ3v) is 5.10. The summed E-state index contributed by atoms with van der Waals surface area (Å²) in [4.78, 5) is 4.43. The number of halogens is 3. The molecule has 0 amide bonds. The summed E-state index contributed by atoms with van der Waals surface area (Å²) >= 11 is 11.1. The van der Waals surface area contributed by atoms with Gasteiger partial charge in [0.05, 0.1) is 15.2 Å². The summed E-state index contributed by atoms with van der Waals surface area (Å²) in [6.07, 6.45) is 0.636. The Morgan fingerprint density at radius 3 is 2.85 bits per heavy atom. The molecule has 0 aliphatic rings. The fourth-order valence-corrected chi connectivity index (χ4v) is 4.09. The molecule has 102 valence electrons. The Morgan fingerprint density at radius 1 is 1.25 bits per heavy atom. The van der Waals surface area contributed by atoms with Crippen LogP contribution >= 0.6 is 38.9 Å². The SMILES string of the molecule is Fc1ccc(Cl)cc1C(Br)Cc1nc2ccccc2s1. The van der Waals surface area contributed by atoms with Crippen LogP contribution in [0.15, 0.2) is 42.5 Å². The molecule has 2 aromatic carbocycles. The number of nitrogens with zero attached hydrogens (tertiary/aromatic N) is 1. The normalized spacial score (nSPS) is 12.8. The zero-order valence-corrected chi connectivity index (χ0v) is 13.5. The van der Waals surface area contributed by atoms with Crippen LogP contribution in [0.25, 0.3) is 10.2 Å². The molecule has 0 spiro atoms. The van der Waals surface area contributed by atoms with Crippen molar-refractivity contribution in [3.63, 3.8) is 0 Å². The molecule has 1 heterocycles. The summed E-state index contributed by atoms with van der Waals surface area (Å²) in [5.41, 5.74) is 1.55. The van der Waals surface area contributed by atoms with E-state index in [1.807, 2.05) is 24.3 Å². The van der Waals surface area contributed by atoms with Crippen molar-refractivity contribution in [3.8, 4) is 0 Å². The lowest BCUT2D eigenvalue weighted by atomic mass is 10.1. The first-order chi connectivity index (χ1) is 9.63. The van der Waals surface area contributed by atoms with Gasteiger partial charge in [-0.25, -0.2) is 9.37 Å². The van der Waals surface area contributed by atoms with E-state index < -0.39 is 0 Å². The quantitative estimate of drug-likeness (QED) is 0.533. The van der Waals surface area contributed by atoms with Crippen molar-refractivity contribution in [2.75, 3.05) is 0 Å². The Labute approximate surface area is 133 Å². The van der Waals surface area contributed by atoms with Crippen molar-refractivity contribution in [3.05, 3.63) is 63.9 Å². The van der Waals surface area contributed by atoms with Crippen LogP contribution in [0.4, 0.5) is 4.39 Å². The Kier molecular flexibility index (Phi) is 4.06. The first-order valence-electron chi connectivity index (χ1n) is 6.07. The standard InChI is InChI=1S/C15H10BrClFNS/c16-11(10-7-9(17)5-6-12(10)18)8-15-19-13-3-1-2-4-14(13)20-15/h1-7,11H,8H2. The van der Waals surface area contributed by atoms with Gasteiger partial charge in [0.2, 0.25) is 0 Å². The van der Waals surface area contributed by atoms with E-state index in [2.05, 4.69) is 20.9 Å². The van der Waals surface area contributed by atoms with Crippen molar-refractivity contribution in [2.24, 2.45) is 0 Å². The topological polar surface area (TPSA) is 12.9 Å². The summed E-state index contributed by atoms with van der Waals surface area (Å²) in [6.45, 7) is 0. The van der Waals surface area contributed by atoms with Crippen LogP contribution in [0.1, 0.15) is 15.4 Å². The molecule has 0 bridgehead atoms. The van der Waals surface area contributed by atoms with Crippen LogP contribution < -0.4 is 0 Å². The van der Waals surface area contributed by atoms with Crippen molar-refractivity contribution in [1.29, 1.82) is 0 Å². The van der Waals surface area contributed by atoms with Gasteiger partial charge in [0, 0.05) is 21.8 Å². The van der Waals surface area contributed by atoms with Crippen LogP contribution in [-0.2, 0) is 6.42 Å². The predicted molar refractivity (Wildman–Crippen MR) is 86.4 cm³/mol. The Morgan fingerprint density at radius 2 is 2.05 bits per heavy atom. The van der Waals surface area contributed by atoms with Gasteiger partial charge in [0.1, 0.15) is 5.82 Å². The molecule has 3 aromatic rings. The van der Waals surface area contributed by atoms with Crippen LogP contribution in [0, 0.1) is 5.82 Å².